The van der Waals surface area contributed by atoms with Gasteiger partial charge in [-0.25, -0.2) is 8.42 Å². The average Bonchev–Trinajstić information content (AvgIpc) is 2.66. The highest BCUT2D eigenvalue weighted by Gasteiger charge is 2.32. The Morgan fingerprint density at radius 2 is 1.89 bits per heavy atom. The van der Waals surface area contributed by atoms with Gasteiger partial charge in [-0.05, 0) is 30.4 Å². The first-order valence-corrected chi connectivity index (χ1v) is 11.5. The zero-order chi connectivity index (χ0) is 20.5. The van der Waals surface area contributed by atoms with Gasteiger partial charge in [-0.3, -0.25) is 10.1 Å². The van der Waals surface area contributed by atoms with Crippen LogP contribution in [-0.2, 0) is 10.0 Å². The molecule has 3 rings (SSSR count). The number of quaternary nitrogens is 1. The van der Waals surface area contributed by atoms with E-state index in [4.69, 9.17) is 0 Å². The summed E-state index contributed by atoms with van der Waals surface area (Å²) in [5, 5.41) is 15.0. The van der Waals surface area contributed by atoms with Gasteiger partial charge in [-0.2, -0.15) is 4.31 Å². The molecule has 1 aliphatic carbocycles. The van der Waals surface area contributed by atoms with E-state index in [9.17, 15) is 18.5 Å². The minimum absolute atomic E-state index is 0.00522. The Morgan fingerprint density at radius 3 is 2.54 bits per heavy atom. The maximum atomic E-state index is 12.9. The monoisotopic (exact) mass is 411 g/mol. The van der Waals surface area contributed by atoms with E-state index >= 15 is 0 Å². The number of anilines is 1. The zero-order valence-corrected chi connectivity index (χ0v) is 17.7. The fourth-order valence-electron chi connectivity index (χ4n) is 4.19. The van der Waals surface area contributed by atoms with Crippen molar-refractivity contribution in [3.8, 4) is 0 Å². The number of hydrogen-bond acceptors (Lipinski definition) is 5. The lowest BCUT2D eigenvalue weighted by molar-refractivity contribution is -0.883. The number of hydrogen-bond donors (Lipinski definition) is 2. The number of sulfonamides is 1. The third-order valence-electron chi connectivity index (χ3n) is 6.43. The van der Waals surface area contributed by atoms with E-state index in [1.54, 1.807) is 6.07 Å². The molecule has 0 aromatic heterocycles. The highest BCUT2D eigenvalue weighted by Crippen LogP contribution is 2.35. The van der Waals surface area contributed by atoms with Crippen molar-refractivity contribution < 1.29 is 18.2 Å². The molecule has 2 aliphatic rings. The molecule has 0 bridgehead atoms. The molecule has 0 amide bonds. The van der Waals surface area contributed by atoms with Crippen molar-refractivity contribution in [2.24, 2.45) is 11.8 Å². The third kappa shape index (κ3) is 4.31. The molecule has 0 spiro atoms. The summed E-state index contributed by atoms with van der Waals surface area (Å²) in [6.45, 7) is 6.71. The van der Waals surface area contributed by atoms with Gasteiger partial charge in [0.25, 0.3) is 5.69 Å². The summed E-state index contributed by atoms with van der Waals surface area (Å²) in [7, 11) is -1.69. The standard InChI is InChI=1S/C19H30N4O4S/c1-14-5-4-6-17(15(14)2)20-18-8-7-16(13-19(18)23(24)25)28(26,27)22-11-9-21(3)10-12-22/h7-8,13-15,17,20H,4-6,9-12H2,1-3H3/p+1/t14-,15-,17-/m1/s1. The molecule has 1 aliphatic heterocycles. The molecule has 3 atom stereocenters. The van der Waals surface area contributed by atoms with Gasteiger partial charge in [0.05, 0.1) is 43.0 Å². The Labute approximate surface area is 167 Å². The lowest BCUT2D eigenvalue weighted by Crippen LogP contribution is -3.12. The molecule has 1 saturated heterocycles. The Balaban J connectivity index is 1.86. The van der Waals surface area contributed by atoms with Crippen molar-refractivity contribution in [1.29, 1.82) is 0 Å². The molecule has 1 aromatic carbocycles. The maximum absolute atomic E-state index is 12.9. The molecule has 8 nitrogen and oxygen atoms in total. The van der Waals surface area contributed by atoms with Gasteiger partial charge in [0, 0.05) is 12.1 Å². The Hall–Kier alpha value is -1.71. The van der Waals surface area contributed by atoms with Crippen molar-refractivity contribution in [1.82, 2.24) is 4.31 Å². The first-order valence-electron chi connectivity index (χ1n) is 10.1. The number of nitrogens with zero attached hydrogens (tertiary/aromatic N) is 2. The lowest BCUT2D eigenvalue weighted by Gasteiger charge is -2.35. The second-order valence-corrected chi connectivity index (χ2v) is 10.3. The molecule has 2 fully saturated rings. The van der Waals surface area contributed by atoms with Crippen molar-refractivity contribution in [2.75, 3.05) is 38.5 Å². The van der Waals surface area contributed by atoms with Crippen LogP contribution in [0.5, 0.6) is 0 Å². The van der Waals surface area contributed by atoms with E-state index in [2.05, 4.69) is 19.2 Å². The molecular formula is C19H31N4O4S+. The van der Waals surface area contributed by atoms with E-state index in [0.717, 1.165) is 25.9 Å². The normalized spacial score (nSPS) is 27.5. The molecule has 0 unspecified atom stereocenters. The van der Waals surface area contributed by atoms with Gasteiger partial charge in [-0.1, -0.05) is 26.7 Å². The van der Waals surface area contributed by atoms with Gasteiger partial charge in [-0.15, -0.1) is 0 Å². The summed E-state index contributed by atoms with van der Waals surface area (Å²) in [6, 6.07) is 4.41. The predicted octanol–water partition coefficient (Wildman–Crippen LogP) is 1.35. The zero-order valence-electron chi connectivity index (χ0n) is 16.8. The first-order chi connectivity index (χ1) is 13.2. The van der Waals surface area contributed by atoms with Gasteiger partial charge >= 0.3 is 0 Å². The van der Waals surface area contributed by atoms with Crippen LogP contribution in [0.1, 0.15) is 33.1 Å². The Bertz CT molecular complexity index is 821. The number of likely N-dealkylation sites (N-methyl/N-ethyl adjacent to an activating group) is 1. The maximum Gasteiger partial charge on any atom is 0.293 e. The van der Waals surface area contributed by atoms with E-state index in [1.165, 1.54) is 27.8 Å². The van der Waals surface area contributed by atoms with Crippen molar-refractivity contribution >= 4 is 21.4 Å². The molecule has 1 aromatic rings. The molecule has 9 heteroatoms. The summed E-state index contributed by atoms with van der Waals surface area (Å²) in [5.41, 5.74) is 0.226. The minimum atomic E-state index is -3.72. The minimum Gasteiger partial charge on any atom is -0.376 e. The molecule has 156 valence electrons. The highest BCUT2D eigenvalue weighted by atomic mass is 32.2. The smallest absolute Gasteiger partial charge is 0.293 e. The van der Waals surface area contributed by atoms with E-state index in [0.29, 0.717) is 30.6 Å². The van der Waals surface area contributed by atoms with Gasteiger partial charge in [0.2, 0.25) is 10.0 Å². The summed E-state index contributed by atoms with van der Waals surface area (Å²) >= 11 is 0. The molecular weight excluding hydrogens is 380 g/mol. The van der Waals surface area contributed by atoms with Crippen LogP contribution in [0.15, 0.2) is 23.1 Å². The third-order valence-corrected chi connectivity index (χ3v) is 8.32. The van der Waals surface area contributed by atoms with Crippen LogP contribution >= 0.6 is 0 Å². The van der Waals surface area contributed by atoms with Crippen molar-refractivity contribution in [3.63, 3.8) is 0 Å². The van der Waals surface area contributed by atoms with Crippen LogP contribution in [-0.4, -0.2) is 56.9 Å². The largest absolute Gasteiger partial charge is 0.376 e. The highest BCUT2D eigenvalue weighted by molar-refractivity contribution is 7.89. The van der Waals surface area contributed by atoms with E-state index in [-0.39, 0.29) is 16.6 Å². The van der Waals surface area contributed by atoms with Crippen LogP contribution in [0, 0.1) is 22.0 Å². The summed E-state index contributed by atoms with van der Waals surface area (Å²) < 4.78 is 27.3. The number of rotatable bonds is 5. The SMILES string of the molecule is C[C@@H]1[C@H](C)CCC[C@H]1Nc1ccc(S(=O)(=O)N2CC[NH+](C)CC2)cc1[N+](=O)[O-]. The molecule has 0 radical (unpaired) electrons. The number of nitro groups is 1. The number of piperazine rings is 1. The second-order valence-electron chi connectivity index (χ2n) is 8.32. The molecule has 1 heterocycles. The second kappa shape index (κ2) is 8.34. The molecule has 28 heavy (non-hydrogen) atoms. The molecule has 1 saturated carbocycles. The fourth-order valence-corrected chi connectivity index (χ4v) is 5.65. The Kier molecular flexibility index (Phi) is 6.26. The van der Waals surface area contributed by atoms with Gasteiger partial charge in [0.1, 0.15) is 5.69 Å². The topological polar surface area (TPSA) is 97.0 Å². The summed E-state index contributed by atoms with van der Waals surface area (Å²) in [4.78, 5) is 12.4. The van der Waals surface area contributed by atoms with Crippen LogP contribution in [0.3, 0.4) is 0 Å². The number of nitrogens with one attached hydrogen (secondary N) is 2. The first kappa shape index (κ1) is 21.0. The Morgan fingerprint density at radius 1 is 1.21 bits per heavy atom. The average molecular weight is 412 g/mol. The van der Waals surface area contributed by atoms with E-state index in [1.807, 2.05) is 7.05 Å². The summed E-state index contributed by atoms with van der Waals surface area (Å²) in [5.74, 6) is 0.967. The lowest BCUT2D eigenvalue weighted by atomic mass is 9.78. The quantitative estimate of drug-likeness (QED) is 0.563. The summed E-state index contributed by atoms with van der Waals surface area (Å²) in [6.07, 6.45) is 3.23. The molecule has 2 N–H and O–H groups in total. The number of nitro benzene ring substituents is 1. The predicted molar refractivity (Wildman–Crippen MR) is 108 cm³/mol. The van der Waals surface area contributed by atoms with Crippen LogP contribution < -0.4 is 10.2 Å². The van der Waals surface area contributed by atoms with Gasteiger partial charge < -0.3 is 10.2 Å². The van der Waals surface area contributed by atoms with Crippen molar-refractivity contribution in [3.05, 3.63) is 28.3 Å². The van der Waals surface area contributed by atoms with Crippen LogP contribution in [0.2, 0.25) is 0 Å². The van der Waals surface area contributed by atoms with Crippen LogP contribution in [0.25, 0.3) is 0 Å². The number of benzene rings is 1. The van der Waals surface area contributed by atoms with Crippen LogP contribution in [0.4, 0.5) is 11.4 Å². The van der Waals surface area contributed by atoms with Gasteiger partial charge in [0.15, 0.2) is 0 Å². The van der Waals surface area contributed by atoms with Crippen molar-refractivity contribution in [2.45, 2.75) is 44.0 Å². The fraction of sp³-hybridized carbons (Fsp3) is 0.684. The van der Waals surface area contributed by atoms with E-state index < -0.39 is 14.9 Å².